The van der Waals surface area contributed by atoms with Crippen molar-refractivity contribution in [3.63, 3.8) is 0 Å². The number of hydrogen-bond donors (Lipinski definition) is 0. The van der Waals surface area contributed by atoms with Gasteiger partial charge in [-0.05, 0) is 36.2 Å². The van der Waals surface area contributed by atoms with Crippen molar-refractivity contribution in [3.05, 3.63) is 65.2 Å². The number of benzene rings is 2. The van der Waals surface area contributed by atoms with Gasteiger partial charge in [0.15, 0.2) is 6.61 Å². The molecule has 24 heavy (non-hydrogen) atoms. The summed E-state index contributed by atoms with van der Waals surface area (Å²) in [4.78, 5) is 14.4. The van der Waals surface area contributed by atoms with Gasteiger partial charge in [-0.15, -0.1) is 0 Å². The van der Waals surface area contributed by atoms with Gasteiger partial charge in [0.2, 0.25) is 0 Å². The molecular weight excluding hydrogens is 326 g/mol. The second-order valence-electron chi connectivity index (χ2n) is 5.75. The van der Waals surface area contributed by atoms with E-state index in [2.05, 4.69) is 12.1 Å². The fraction of sp³-hybridized carbons (Fsp3) is 0.316. The average molecular weight is 346 g/mol. The summed E-state index contributed by atoms with van der Waals surface area (Å²) in [6.45, 7) is 1.74. The Labute approximate surface area is 146 Å². The molecule has 2 aromatic rings. The molecule has 0 aromatic heterocycles. The van der Waals surface area contributed by atoms with Gasteiger partial charge in [-0.25, -0.2) is 0 Å². The summed E-state index contributed by atoms with van der Waals surface area (Å²) in [5.74, 6) is 0.620. The highest BCUT2D eigenvalue weighted by Crippen LogP contribution is 2.17. The first kappa shape index (κ1) is 16.8. The number of amides is 1. The molecule has 0 radical (unpaired) electrons. The zero-order chi connectivity index (χ0) is 16.8. The number of morpholine rings is 1. The van der Waals surface area contributed by atoms with E-state index in [1.807, 2.05) is 23.1 Å². The van der Waals surface area contributed by atoms with Crippen LogP contribution in [0.2, 0.25) is 5.02 Å². The number of carbonyl (C=O) groups is 1. The first-order valence-corrected chi connectivity index (χ1v) is 8.39. The van der Waals surface area contributed by atoms with Crippen LogP contribution in [0.5, 0.6) is 5.75 Å². The van der Waals surface area contributed by atoms with Gasteiger partial charge in [0.1, 0.15) is 5.75 Å². The lowest BCUT2D eigenvalue weighted by Gasteiger charge is -2.35. The first-order chi connectivity index (χ1) is 11.7. The number of rotatable bonds is 5. The Morgan fingerprint density at radius 1 is 1.17 bits per heavy atom. The quantitative estimate of drug-likeness (QED) is 0.835. The largest absolute Gasteiger partial charge is 0.484 e. The Bertz CT molecular complexity index is 660. The number of halogens is 1. The number of nitrogens with zero attached hydrogens (tertiary/aromatic N) is 1. The highest BCUT2D eigenvalue weighted by atomic mass is 35.5. The molecule has 4 nitrogen and oxygen atoms in total. The number of ether oxygens (including phenoxy) is 2. The normalized spacial score (nSPS) is 17.5. The van der Waals surface area contributed by atoms with Crippen LogP contribution >= 0.6 is 11.6 Å². The third kappa shape index (κ3) is 4.49. The van der Waals surface area contributed by atoms with Crippen LogP contribution in [-0.2, 0) is 16.0 Å². The van der Waals surface area contributed by atoms with Crippen LogP contribution in [0.4, 0.5) is 0 Å². The predicted octanol–water partition coefficient (Wildman–Crippen LogP) is 3.19. The van der Waals surface area contributed by atoms with E-state index in [4.69, 9.17) is 21.1 Å². The highest BCUT2D eigenvalue weighted by Gasteiger charge is 2.27. The molecule has 1 fully saturated rings. The van der Waals surface area contributed by atoms with Crippen LogP contribution < -0.4 is 4.74 Å². The van der Waals surface area contributed by atoms with Crippen molar-refractivity contribution in [1.82, 2.24) is 4.90 Å². The van der Waals surface area contributed by atoms with E-state index in [1.54, 1.807) is 24.3 Å². The summed E-state index contributed by atoms with van der Waals surface area (Å²) in [6.07, 6.45) is 0.785. The van der Waals surface area contributed by atoms with Crippen molar-refractivity contribution in [2.45, 2.75) is 12.5 Å². The lowest BCUT2D eigenvalue weighted by molar-refractivity contribution is -0.142. The van der Waals surface area contributed by atoms with E-state index in [0.29, 0.717) is 30.5 Å². The fourth-order valence-electron chi connectivity index (χ4n) is 2.80. The summed E-state index contributed by atoms with van der Waals surface area (Å²) >= 11 is 5.85. The Balaban J connectivity index is 1.59. The fourth-order valence-corrected chi connectivity index (χ4v) is 2.92. The maximum absolute atomic E-state index is 12.6. The summed E-state index contributed by atoms with van der Waals surface area (Å²) in [5.41, 5.74) is 1.20. The van der Waals surface area contributed by atoms with Crippen LogP contribution in [0, 0.1) is 0 Å². The van der Waals surface area contributed by atoms with Crippen molar-refractivity contribution in [1.29, 1.82) is 0 Å². The standard InChI is InChI=1S/C19H20ClNO3/c20-16-6-8-18(9-7-16)24-14-19(22)21-10-11-23-13-17(21)12-15-4-2-1-3-5-15/h1-9,17H,10-14H2. The van der Waals surface area contributed by atoms with Gasteiger partial charge in [0, 0.05) is 11.6 Å². The van der Waals surface area contributed by atoms with E-state index < -0.39 is 0 Å². The summed E-state index contributed by atoms with van der Waals surface area (Å²) in [6, 6.07) is 17.2. The van der Waals surface area contributed by atoms with Gasteiger partial charge < -0.3 is 14.4 Å². The number of carbonyl (C=O) groups excluding carboxylic acids is 1. The Morgan fingerprint density at radius 3 is 2.67 bits per heavy atom. The zero-order valence-electron chi connectivity index (χ0n) is 13.4. The van der Waals surface area contributed by atoms with E-state index in [1.165, 1.54) is 5.56 Å². The molecule has 1 saturated heterocycles. The molecule has 0 aliphatic carbocycles. The lowest BCUT2D eigenvalue weighted by Crippen LogP contribution is -2.51. The van der Waals surface area contributed by atoms with Gasteiger partial charge in [-0.3, -0.25) is 4.79 Å². The lowest BCUT2D eigenvalue weighted by atomic mass is 10.0. The number of hydrogen-bond acceptors (Lipinski definition) is 3. The van der Waals surface area contributed by atoms with Gasteiger partial charge in [0.25, 0.3) is 5.91 Å². The molecule has 1 unspecified atom stereocenters. The molecule has 126 valence electrons. The summed E-state index contributed by atoms with van der Waals surface area (Å²) in [5, 5.41) is 0.643. The van der Waals surface area contributed by atoms with Crippen LogP contribution in [-0.4, -0.2) is 43.2 Å². The minimum absolute atomic E-state index is 0.0193. The monoisotopic (exact) mass is 345 g/mol. The molecule has 2 aromatic carbocycles. The predicted molar refractivity (Wildman–Crippen MR) is 93.4 cm³/mol. The minimum Gasteiger partial charge on any atom is -0.484 e. The topological polar surface area (TPSA) is 38.8 Å². The molecule has 1 amide bonds. The van der Waals surface area contributed by atoms with Crippen LogP contribution in [0.3, 0.4) is 0 Å². The second kappa shape index (κ2) is 8.18. The van der Waals surface area contributed by atoms with Crippen molar-refractivity contribution < 1.29 is 14.3 Å². The smallest absolute Gasteiger partial charge is 0.260 e. The van der Waals surface area contributed by atoms with E-state index in [-0.39, 0.29) is 18.6 Å². The molecule has 1 heterocycles. The highest BCUT2D eigenvalue weighted by molar-refractivity contribution is 6.30. The van der Waals surface area contributed by atoms with Crippen molar-refractivity contribution in [2.75, 3.05) is 26.4 Å². The van der Waals surface area contributed by atoms with Crippen LogP contribution in [0.15, 0.2) is 54.6 Å². The second-order valence-corrected chi connectivity index (χ2v) is 6.18. The Morgan fingerprint density at radius 2 is 1.92 bits per heavy atom. The Kier molecular flexibility index (Phi) is 5.72. The molecule has 1 aliphatic rings. The maximum atomic E-state index is 12.6. The van der Waals surface area contributed by atoms with Crippen molar-refractivity contribution in [2.24, 2.45) is 0 Å². The van der Waals surface area contributed by atoms with Gasteiger partial charge in [-0.1, -0.05) is 41.9 Å². The summed E-state index contributed by atoms with van der Waals surface area (Å²) < 4.78 is 11.1. The molecule has 1 atom stereocenters. The maximum Gasteiger partial charge on any atom is 0.260 e. The van der Waals surface area contributed by atoms with E-state index in [9.17, 15) is 4.79 Å². The molecule has 1 aliphatic heterocycles. The minimum atomic E-state index is -0.0193. The average Bonchev–Trinajstić information content (AvgIpc) is 2.62. The third-order valence-electron chi connectivity index (χ3n) is 4.04. The third-order valence-corrected chi connectivity index (χ3v) is 4.29. The zero-order valence-corrected chi connectivity index (χ0v) is 14.1. The van der Waals surface area contributed by atoms with E-state index in [0.717, 1.165) is 6.42 Å². The molecule has 0 spiro atoms. The van der Waals surface area contributed by atoms with Gasteiger partial charge in [0.05, 0.1) is 19.3 Å². The Hall–Kier alpha value is -2.04. The molecule has 0 bridgehead atoms. The summed E-state index contributed by atoms with van der Waals surface area (Å²) in [7, 11) is 0. The molecule has 0 saturated carbocycles. The first-order valence-electron chi connectivity index (χ1n) is 8.02. The SMILES string of the molecule is O=C(COc1ccc(Cl)cc1)N1CCOCC1Cc1ccccc1. The molecule has 5 heteroatoms. The molecule has 0 N–H and O–H groups in total. The van der Waals surface area contributed by atoms with Crippen LogP contribution in [0.25, 0.3) is 0 Å². The van der Waals surface area contributed by atoms with Gasteiger partial charge in [-0.2, -0.15) is 0 Å². The van der Waals surface area contributed by atoms with Crippen molar-refractivity contribution in [3.8, 4) is 5.75 Å². The van der Waals surface area contributed by atoms with Gasteiger partial charge >= 0.3 is 0 Å². The molecule has 3 rings (SSSR count). The van der Waals surface area contributed by atoms with Crippen molar-refractivity contribution >= 4 is 17.5 Å². The van der Waals surface area contributed by atoms with E-state index >= 15 is 0 Å². The molecular formula is C19H20ClNO3. The van der Waals surface area contributed by atoms with Crippen LogP contribution in [0.1, 0.15) is 5.56 Å².